The van der Waals surface area contributed by atoms with Gasteiger partial charge in [0.1, 0.15) is 0 Å². The van der Waals surface area contributed by atoms with Crippen LogP contribution >= 0.6 is 67.8 Å². The molecule has 3 N–H and O–H groups in total. The number of benzene rings is 1. The van der Waals surface area contributed by atoms with E-state index >= 15 is 0 Å². The van der Waals surface area contributed by atoms with E-state index in [2.05, 4.69) is 10.6 Å². The third-order valence-corrected chi connectivity index (χ3v) is 5.27. The molecule has 0 aliphatic rings. The van der Waals surface area contributed by atoms with Gasteiger partial charge in [-0.1, -0.05) is 0 Å². The van der Waals surface area contributed by atoms with Crippen molar-refractivity contribution in [3.05, 3.63) is 16.3 Å². The molecule has 6 nitrogen and oxygen atoms in total. The zero-order valence-electron chi connectivity index (χ0n) is 9.38. The number of halogens is 3. The lowest BCUT2D eigenvalue weighted by molar-refractivity contribution is -0.114. The molecule has 0 unspecified atom stereocenters. The molecule has 0 aliphatic carbocycles. The molecular formula is C10H7I3N2O4. The third kappa shape index (κ3) is 3.68. The fourth-order valence-electron chi connectivity index (χ4n) is 1.32. The second-order valence-corrected chi connectivity index (χ2v) is 6.55. The van der Waals surface area contributed by atoms with Crippen molar-refractivity contribution in [1.82, 2.24) is 0 Å². The summed E-state index contributed by atoms with van der Waals surface area (Å²) in [6, 6.07) is 0. The molecule has 1 rings (SSSR count). The molecular weight excluding hydrogens is 593 g/mol. The molecule has 0 bridgehead atoms. The first-order chi connectivity index (χ1) is 8.81. The van der Waals surface area contributed by atoms with Crippen LogP contribution in [0.15, 0.2) is 0 Å². The van der Waals surface area contributed by atoms with Gasteiger partial charge in [-0.25, -0.2) is 4.79 Å². The number of carboxylic acids is 1. The number of rotatable bonds is 4. The van der Waals surface area contributed by atoms with Crippen LogP contribution in [0.1, 0.15) is 17.3 Å². The van der Waals surface area contributed by atoms with Gasteiger partial charge in [0.15, 0.2) is 0 Å². The van der Waals surface area contributed by atoms with Crippen LogP contribution in [0.3, 0.4) is 0 Å². The van der Waals surface area contributed by atoms with E-state index in [4.69, 9.17) is 0 Å². The van der Waals surface area contributed by atoms with E-state index < -0.39 is 5.97 Å². The fraction of sp³-hybridized carbons (Fsp3) is 0.100. The summed E-state index contributed by atoms with van der Waals surface area (Å²) >= 11 is 5.67. The minimum atomic E-state index is -1.12. The molecule has 0 spiro atoms. The Morgan fingerprint density at radius 2 is 1.63 bits per heavy atom. The highest BCUT2D eigenvalue weighted by Crippen LogP contribution is 2.38. The van der Waals surface area contributed by atoms with Crippen molar-refractivity contribution in [3.63, 3.8) is 0 Å². The Morgan fingerprint density at radius 1 is 1.11 bits per heavy atom. The predicted molar refractivity (Wildman–Crippen MR) is 95.5 cm³/mol. The highest BCUT2D eigenvalue weighted by molar-refractivity contribution is 14.1. The van der Waals surface area contributed by atoms with Crippen molar-refractivity contribution >= 4 is 97.4 Å². The summed E-state index contributed by atoms with van der Waals surface area (Å²) < 4.78 is 1.42. The number of aromatic carboxylic acids is 1. The highest BCUT2D eigenvalue weighted by atomic mass is 127. The Bertz CT molecular complexity index is 575. The Labute approximate surface area is 149 Å². The van der Waals surface area contributed by atoms with Gasteiger partial charge >= 0.3 is 5.97 Å². The van der Waals surface area contributed by atoms with Crippen LogP contribution in [0.25, 0.3) is 0 Å². The molecule has 102 valence electrons. The lowest BCUT2D eigenvalue weighted by Crippen LogP contribution is -2.16. The number of amides is 2. The van der Waals surface area contributed by atoms with E-state index in [0.29, 0.717) is 28.5 Å². The van der Waals surface area contributed by atoms with Crippen molar-refractivity contribution < 1.29 is 19.5 Å². The summed E-state index contributed by atoms with van der Waals surface area (Å²) in [5.41, 5.74) is 0.809. The van der Waals surface area contributed by atoms with Crippen LogP contribution in [0.2, 0.25) is 0 Å². The first-order valence-corrected chi connectivity index (χ1v) is 7.96. The molecule has 0 fully saturated rings. The molecule has 19 heavy (non-hydrogen) atoms. The van der Waals surface area contributed by atoms with Crippen molar-refractivity contribution in [2.45, 2.75) is 6.92 Å². The van der Waals surface area contributed by atoms with E-state index in [0.717, 1.165) is 0 Å². The quantitative estimate of drug-likeness (QED) is 0.367. The maximum Gasteiger partial charge on any atom is 0.338 e. The summed E-state index contributed by atoms with van der Waals surface area (Å²) in [5, 5.41) is 14.3. The Hall–Kier alpha value is -0.180. The Morgan fingerprint density at radius 3 is 2.05 bits per heavy atom. The van der Waals surface area contributed by atoms with E-state index in [1.54, 1.807) is 0 Å². The van der Waals surface area contributed by atoms with Crippen molar-refractivity contribution in [1.29, 1.82) is 0 Å². The van der Waals surface area contributed by atoms with Gasteiger partial charge < -0.3 is 15.7 Å². The van der Waals surface area contributed by atoms with Crippen LogP contribution in [0, 0.1) is 10.7 Å². The molecule has 0 saturated heterocycles. The zero-order valence-corrected chi connectivity index (χ0v) is 15.9. The van der Waals surface area contributed by atoms with Crippen LogP contribution in [0.5, 0.6) is 0 Å². The average molecular weight is 600 g/mol. The van der Waals surface area contributed by atoms with Crippen LogP contribution in [-0.2, 0) is 9.59 Å². The summed E-state index contributed by atoms with van der Waals surface area (Å²) in [6.07, 6.45) is 0.468. The molecule has 0 atom stereocenters. The summed E-state index contributed by atoms with van der Waals surface area (Å²) in [7, 11) is 0. The van der Waals surface area contributed by atoms with E-state index in [1.807, 2.05) is 67.8 Å². The Balaban J connectivity index is 3.67. The molecule has 0 radical (unpaired) electrons. The van der Waals surface area contributed by atoms with E-state index in [9.17, 15) is 19.5 Å². The SMILES string of the molecule is CC(=O)Nc1c(I)c(NC=O)c(I)c(C(=O)O)c1I. The lowest BCUT2D eigenvalue weighted by atomic mass is 10.1. The van der Waals surface area contributed by atoms with Crippen molar-refractivity contribution in [3.8, 4) is 0 Å². The number of carbonyl (C=O) groups is 3. The third-order valence-electron chi connectivity index (χ3n) is 2.04. The average Bonchev–Trinajstić information content (AvgIpc) is 2.29. The van der Waals surface area contributed by atoms with Gasteiger partial charge in [-0.05, 0) is 67.8 Å². The van der Waals surface area contributed by atoms with Crippen molar-refractivity contribution in [2.75, 3.05) is 10.6 Å². The van der Waals surface area contributed by atoms with Crippen LogP contribution in [-0.4, -0.2) is 23.4 Å². The molecule has 1 aromatic carbocycles. The summed E-state index contributed by atoms with van der Waals surface area (Å²) in [5.74, 6) is -1.43. The molecule has 9 heteroatoms. The summed E-state index contributed by atoms with van der Waals surface area (Å²) in [6.45, 7) is 1.33. The maximum absolute atomic E-state index is 11.3. The van der Waals surface area contributed by atoms with Gasteiger partial charge in [0.05, 0.1) is 27.6 Å². The van der Waals surface area contributed by atoms with Gasteiger partial charge in [-0.15, -0.1) is 0 Å². The van der Waals surface area contributed by atoms with Crippen LogP contribution in [0.4, 0.5) is 11.4 Å². The predicted octanol–water partition coefficient (Wildman–Crippen LogP) is 2.73. The smallest absolute Gasteiger partial charge is 0.338 e. The molecule has 0 aromatic heterocycles. The molecule has 2 amide bonds. The first kappa shape index (κ1) is 16.9. The van der Waals surface area contributed by atoms with Gasteiger partial charge in [0, 0.05) is 6.92 Å². The van der Waals surface area contributed by atoms with Gasteiger partial charge in [0.25, 0.3) is 0 Å². The minimum Gasteiger partial charge on any atom is -0.478 e. The molecule has 0 heterocycles. The first-order valence-electron chi connectivity index (χ1n) is 4.72. The number of hydrogen-bond donors (Lipinski definition) is 3. The molecule has 0 aliphatic heterocycles. The number of hydrogen-bond acceptors (Lipinski definition) is 3. The lowest BCUT2D eigenvalue weighted by Gasteiger charge is -2.16. The zero-order chi connectivity index (χ0) is 14.7. The van der Waals surface area contributed by atoms with Crippen molar-refractivity contribution in [2.24, 2.45) is 0 Å². The largest absolute Gasteiger partial charge is 0.478 e. The number of anilines is 2. The molecule has 0 saturated carbocycles. The topological polar surface area (TPSA) is 95.5 Å². The van der Waals surface area contributed by atoms with Gasteiger partial charge in [0.2, 0.25) is 12.3 Å². The summed E-state index contributed by atoms with van der Waals surface area (Å²) in [4.78, 5) is 33.1. The van der Waals surface area contributed by atoms with E-state index in [-0.39, 0.29) is 11.5 Å². The van der Waals surface area contributed by atoms with E-state index in [1.165, 1.54) is 6.92 Å². The number of nitrogens with one attached hydrogen (secondary N) is 2. The maximum atomic E-state index is 11.3. The number of carboxylic acid groups (broad SMARTS) is 1. The highest BCUT2D eigenvalue weighted by Gasteiger charge is 2.24. The van der Waals surface area contributed by atoms with Gasteiger partial charge in [-0.3, -0.25) is 9.59 Å². The second-order valence-electron chi connectivity index (χ2n) is 3.32. The standard InChI is InChI=1S/C10H7I3N2O4/c1-3(17)15-9-6(12)4(10(18)19)5(11)8(7(9)13)14-2-16/h2H,1H3,(H,14,16)(H,15,17)(H,18,19). The minimum absolute atomic E-state index is 0.0507. The second kappa shape index (κ2) is 7.01. The van der Waals surface area contributed by atoms with Gasteiger partial charge in [-0.2, -0.15) is 0 Å². The number of carbonyl (C=O) groups excluding carboxylic acids is 2. The van der Waals surface area contributed by atoms with Crippen LogP contribution < -0.4 is 10.6 Å². The normalized spacial score (nSPS) is 9.89. The monoisotopic (exact) mass is 600 g/mol. The Kier molecular flexibility index (Phi) is 6.22. The fourth-order valence-corrected chi connectivity index (χ4v) is 5.53. The molecule has 1 aromatic rings.